The average Bonchev–Trinajstić information content (AvgIpc) is 2.75. The van der Waals surface area contributed by atoms with Gasteiger partial charge >= 0.3 is 5.97 Å². The summed E-state index contributed by atoms with van der Waals surface area (Å²) in [4.78, 5) is 11.8. The third-order valence-electron chi connectivity index (χ3n) is 2.25. The summed E-state index contributed by atoms with van der Waals surface area (Å²) < 4.78 is 0. The summed E-state index contributed by atoms with van der Waals surface area (Å²) in [6.07, 6.45) is 1.73. The molecule has 0 amide bonds. The molecule has 4 heteroatoms. The Labute approximate surface area is 79.2 Å². The van der Waals surface area contributed by atoms with Gasteiger partial charge in [-0.05, 0) is 25.0 Å². The summed E-state index contributed by atoms with van der Waals surface area (Å²) in [5.74, 6) is -0.912. The fourth-order valence-electron chi connectivity index (χ4n) is 1.25. The minimum atomic E-state index is -0.912. The highest BCUT2D eigenvalue weighted by molar-refractivity contribution is 7.14. The maximum Gasteiger partial charge on any atom is 0.345 e. The van der Waals surface area contributed by atoms with Gasteiger partial charge in [0, 0.05) is 4.88 Å². The van der Waals surface area contributed by atoms with Crippen molar-refractivity contribution < 1.29 is 9.90 Å². The van der Waals surface area contributed by atoms with Crippen molar-refractivity contribution in [2.45, 2.75) is 18.3 Å². The number of carbonyl (C=O) groups is 1. The predicted octanol–water partition coefficient (Wildman–Crippen LogP) is 2.00. The Morgan fingerprint density at radius 3 is 2.69 bits per heavy atom. The largest absolute Gasteiger partial charge is 0.477 e. The Kier molecular flexibility index (Phi) is 1.64. The molecule has 13 heavy (non-hydrogen) atoms. The van der Waals surface area contributed by atoms with Crippen molar-refractivity contribution in [3.05, 3.63) is 21.9 Å². The second kappa shape index (κ2) is 2.57. The molecule has 0 aromatic carbocycles. The van der Waals surface area contributed by atoms with E-state index in [1.807, 2.05) is 0 Å². The Bertz CT molecular complexity index is 398. The highest BCUT2D eigenvalue weighted by Gasteiger charge is 2.46. The van der Waals surface area contributed by atoms with E-state index >= 15 is 0 Å². The molecule has 0 saturated heterocycles. The van der Waals surface area contributed by atoms with Gasteiger partial charge in [-0.2, -0.15) is 5.26 Å². The van der Waals surface area contributed by atoms with Gasteiger partial charge in [0.2, 0.25) is 0 Å². The van der Waals surface area contributed by atoms with Gasteiger partial charge in [-0.1, -0.05) is 0 Å². The first-order valence-corrected chi connectivity index (χ1v) is 4.74. The van der Waals surface area contributed by atoms with E-state index in [0.29, 0.717) is 4.88 Å². The van der Waals surface area contributed by atoms with Crippen LogP contribution in [0.4, 0.5) is 0 Å². The third-order valence-corrected chi connectivity index (χ3v) is 3.53. The Balaban J connectivity index is 2.34. The van der Waals surface area contributed by atoms with Crippen LogP contribution in [0, 0.1) is 11.3 Å². The standard InChI is InChI=1S/C9H7NO2S/c10-5-9(3-4-9)7-2-1-6(13-7)8(11)12/h1-2H,3-4H2,(H,11,12). The molecule has 0 aliphatic heterocycles. The van der Waals surface area contributed by atoms with Crippen LogP contribution in [0.3, 0.4) is 0 Å². The third kappa shape index (κ3) is 1.21. The van der Waals surface area contributed by atoms with Crippen molar-refractivity contribution in [1.29, 1.82) is 5.26 Å². The molecule has 0 spiro atoms. The summed E-state index contributed by atoms with van der Waals surface area (Å²) in [7, 11) is 0. The number of carboxylic acids is 1. The first-order chi connectivity index (χ1) is 6.18. The van der Waals surface area contributed by atoms with Crippen LogP contribution in [0.2, 0.25) is 0 Å². The molecule has 1 aromatic rings. The Hall–Kier alpha value is -1.34. The lowest BCUT2D eigenvalue weighted by atomic mass is 10.1. The maximum absolute atomic E-state index is 10.6. The van der Waals surface area contributed by atoms with Crippen molar-refractivity contribution in [3.8, 4) is 6.07 Å². The molecule has 0 atom stereocenters. The van der Waals surface area contributed by atoms with Crippen molar-refractivity contribution in [2.75, 3.05) is 0 Å². The van der Waals surface area contributed by atoms with Crippen molar-refractivity contribution in [1.82, 2.24) is 0 Å². The van der Waals surface area contributed by atoms with E-state index in [1.165, 1.54) is 11.3 Å². The van der Waals surface area contributed by atoms with E-state index in [4.69, 9.17) is 10.4 Å². The number of carboxylic acid groups (broad SMARTS) is 1. The van der Waals surface area contributed by atoms with Crippen LogP contribution in [0.1, 0.15) is 27.4 Å². The van der Waals surface area contributed by atoms with E-state index in [9.17, 15) is 4.79 Å². The van der Waals surface area contributed by atoms with Crippen LogP contribution in [-0.2, 0) is 5.41 Å². The number of thiophene rings is 1. The van der Waals surface area contributed by atoms with Crippen LogP contribution >= 0.6 is 11.3 Å². The normalized spacial score (nSPS) is 17.8. The first-order valence-electron chi connectivity index (χ1n) is 3.93. The van der Waals surface area contributed by atoms with Crippen molar-refractivity contribution in [3.63, 3.8) is 0 Å². The number of aromatic carboxylic acids is 1. The molecule has 1 N–H and O–H groups in total. The molecule has 3 nitrogen and oxygen atoms in total. The monoisotopic (exact) mass is 193 g/mol. The van der Waals surface area contributed by atoms with Gasteiger partial charge in [-0.25, -0.2) is 4.79 Å². The molecule has 1 aliphatic carbocycles. The zero-order valence-corrected chi connectivity index (χ0v) is 7.60. The molecule has 0 bridgehead atoms. The van der Waals surface area contributed by atoms with Gasteiger partial charge in [0.25, 0.3) is 0 Å². The zero-order valence-electron chi connectivity index (χ0n) is 6.78. The summed E-state index contributed by atoms with van der Waals surface area (Å²) >= 11 is 1.21. The van der Waals surface area contributed by atoms with E-state index < -0.39 is 5.97 Å². The van der Waals surface area contributed by atoms with Crippen LogP contribution < -0.4 is 0 Å². The predicted molar refractivity (Wildman–Crippen MR) is 47.8 cm³/mol. The fourth-order valence-corrected chi connectivity index (χ4v) is 2.29. The number of nitrogens with zero attached hydrogens (tertiary/aromatic N) is 1. The van der Waals surface area contributed by atoms with Crippen LogP contribution in [-0.4, -0.2) is 11.1 Å². The van der Waals surface area contributed by atoms with Gasteiger partial charge in [0.15, 0.2) is 0 Å². The molecule has 0 radical (unpaired) electrons. The number of hydrogen-bond donors (Lipinski definition) is 1. The molecular formula is C9H7NO2S. The van der Waals surface area contributed by atoms with Gasteiger partial charge < -0.3 is 5.11 Å². The lowest BCUT2D eigenvalue weighted by Gasteiger charge is -1.98. The Morgan fingerprint density at radius 1 is 1.62 bits per heavy atom. The van der Waals surface area contributed by atoms with Crippen molar-refractivity contribution in [2.24, 2.45) is 0 Å². The molecule has 2 rings (SSSR count). The summed E-state index contributed by atoms with van der Waals surface area (Å²) in [6.45, 7) is 0. The molecule has 66 valence electrons. The van der Waals surface area contributed by atoms with Crippen LogP contribution in [0.5, 0.6) is 0 Å². The van der Waals surface area contributed by atoms with Gasteiger partial charge in [0.1, 0.15) is 4.88 Å². The van der Waals surface area contributed by atoms with E-state index in [1.54, 1.807) is 12.1 Å². The summed E-state index contributed by atoms with van der Waals surface area (Å²) in [5, 5.41) is 17.6. The first kappa shape index (κ1) is 8.27. The van der Waals surface area contributed by atoms with Crippen molar-refractivity contribution >= 4 is 17.3 Å². The van der Waals surface area contributed by atoms with E-state index in [2.05, 4.69) is 6.07 Å². The highest BCUT2D eigenvalue weighted by Crippen LogP contribution is 2.49. The van der Waals surface area contributed by atoms with Crippen LogP contribution in [0.15, 0.2) is 12.1 Å². The Morgan fingerprint density at radius 2 is 2.31 bits per heavy atom. The molecule has 1 aliphatic rings. The number of rotatable bonds is 2. The molecule has 1 heterocycles. The highest BCUT2D eigenvalue weighted by atomic mass is 32.1. The lowest BCUT2D eigenvalue weighted by molar-refractivity contribution is 0.0702. The second-order valence-corrected chi connectivity index (χ2v) is 4.25. The summed E-state index contributed by atoms with van der Waals surface area (Å²) in [6, 6.07) is 5.56. The molecular weight excluding hydrogens is 186 g/mol. The summed E-state index contributed by atoms with van der Waals surface area (Å²) in [5.41, 5.74) is -0.349. The smallest absolute Gasteiger partial charge is 0.345 e. The second-order valence-electron chi connectivity index (χ2n) is 3.16. The lowest BCUT2D eigenvalue weighted by Crippen LogP contribution is -1.98. The molecule has 1 saturated carbocycles. The number of nitriles is 1. The average molecular weight is 193 g/mol. The van der Waals surface area contributed by atoms with E-state index in [0.717, 1.165) is 17.7 Å². The SMILES string of the molecule is N#CC1(c2ccc(C(=O)O)s2)CC1. The van der Waals surface area contributed by atoms with Gasteiger partial charge in [0.05, 0.1) is 11.5 Å². The molecule has 0 unspecified atom stereocenters. The van der Waals surface area contributed by atoms with Crippen LogP contribution in [0.25, 0.3) is 0 Å². The van der Waals surface area contributed by atoms with Gasteiger partial charge in [-0.15, -0.1) is 11.3 Å². The zero-order chi connectivity index (χ0) is 9.47. The minimum Gasteiger partial charge on any atom is -0.477 e. The topological polar surface area (TPSA) is 61.1 Å². The quantitative estimate of drug-likeness (QED) is 0.781. The van der Waals surface area contributed by atoms with Gasteiger partial charge in [-0.3, -0.25) is 0 Å². The molecule has 1 aromatic heterocycles. The maximum atomic E-state index is 10.6. The number of hydrogen-bond acceptors (Lipinski definition) is 3. The fraction of sp³-hybridized carbons (Fsp3) is 0.333. The minimum absolute atomic E-state index is 0.316. The van der Waals surface area contributed by atoms with E-state index in [-0.39, 0.29) is 5.41 Å². The molecule has 1 fully saturated rings.